The molecule has 4 nitrogen and oxygen atoms in total. The highest BCUT2D eigenvalue weighted by molar-refractivity contribution is 9.10. The maximum absolute atomic E-state index is 11.4. The van der Waals surface area contributed by atoms with E-state index in [2.05, 4.69) is 21.0 Å². The third-order valence-corrected chi connectivity index (χ3v) is 2.44. The van der Waals surface area contributed by atoms with Gasteiger partial charge in [-0.25, -0.2) is 4.68 Å². The summed E-state index contributed by atoms with van der Waals surface area (Å²) in [5, 5.41) is 12.9. The van der Waals surface area contributed by atoms with Crippen molar-refractivity contribution in [2.24, 2.45) is 0 Å². The molecular weight excluding hydrogens is 236 g/mol. The lowest BCUT2D eigenvalue weighted by atomic mass is 10.3. The minimum atomic E-state index is -0.284. The first-order chi connectivity index (χ1) is 6.16. The van der Waals surface area contributed by atoms with E-state index >= 15 is 0 Å². The molecule has 1 N–H and O–H groups in total. The van der Waals surface area contributed by atoms with Crippen molar-refractivity contribution in [3.63, 3.8) is 0 Å². The predicted octanol–water partition coefficient (Wildman–Crippen LogP) is 1.51. The second-order valence-corrected chi connectivity index (χ2v) is 3.52. The van der Waals surface area contributed by atoms with E-state index in [-0.39, 0.29) is 15.8 Å². The third-order valence-electron chi connectivity index (χ3n) is 1.69. The van der Waals surface area contributed by atoms with Gasteiger partial charge in [0.25, 0.3) is 5.56 Å². The van der Waals surface area contributed by atoms with Gasteiger partial charge in [0.2, 0.25) is 0 Å². The zero-order valence-corrected chi connectivity index (χ0v) is 8.91. The molecule has 0 aliphatic carbocycles. The Bertz CT molecular complexity index is 348. The Labute approximate surface area is 84.3 Å². The van der Waals surface area contributed by atoms with E-state index in [0.717, 1.165) is 12.8 Å². The van der Waals surface area contributed by atoms with Crippen molar-refractivity contribution in [2.45, 2.75) is 26.3 Å². The molecular formula is C8H11BrN2O2. The summed E-state index contributed by atoms with van der Waals surface area (Å²) >= 11 is 3.00. The third kappa shape index (κ3) is 2.30. The molecule has 1 aromatic heterocycles. The van der Waals surface area contributed by atoms with Crippen molar-refractivity contribution in [1.29, 1.82) is 0 Å². The van der Waals surface area contributed by atoms with E-state index in [0.29, 0.717) is 6.54 Å². The first kappa shape index (κ1) is 10.2. The van der Waals surface area contributed by atoms with Crippen molar-refractivity contribution in [1.82, 2.24) is 9.78 Å². The molecule has 1 heterocycles. The van der Waals surface area contributed by atoms with Gasteiger partial charge < -0.3 is 5.11 Å². The summed E-state index contributed by atoms with van der Waals surface area (Å²) in [6.07, 6.45) is 3.18. The summed E-state index contributed by atoms with van der Waals surface area (Å²) in [4.78, 5) is 11.4. The van der Waals surface area contributed by atoms with E-state index < -0.39 is 0 Å². The fourth-order valence-electron chi connectivity index (χ4n) is 0.924. The van der Waals surface area contributed by atoms with Crippen molar-refractivity contribution >= 4 is 15.9 Å². The lowest BCUT2D eigenvalue weighted by Crippen LogP contribution is -2.23. The van der Waals surface area contributed by atoms with Crippen molar-refractivity contribution in [3.05, 3.63) is 21.0 Å². The van der Waals surface area contributed by atoms with Crippen LogP contribution in [-0.4, -0.2) is 14.9 Å². The normalized spacial score (nSPS) is 10.3. The molecule has 0 aromatic carbocycles. The van der Waals surface area contributed by atoms with Gasteiger partial charge >= 0.3 is 0 Å². The van der Waals surface area contributed by atoms with Crippen LogP contribution in [0.4, 0.5) is 0 Å². The van der Waals surface area contributed by atoms with Crippen molar-refractivity contribution in [3.8, 4) is 5.75 Å². The van der Waals surface area contributed by atoms with Crippen LogP contribution < -0.4 is 5.56 Å². The largest absolute Gasteiger partial charge is 0.505 e. The zero-order valence-electron chi connectivity index (χ0n) is 7.33. The number of aromatic nitrogens is 2. The van der Waals surface area contributed by atoms with Gasteiger partial charge in [0.15, 0.2) is 5.75 Å². The molecule has 0 radical (unpaired) electrons. The molecule has 72 valence electrons. The van der Waals surface area contributed by atoms with Gasteiger partial charge in [-0.3, -0.25) is 4.79 Å². The molecule has 0 saturated heterocycles. The van der Waals surface area contributed by atoms with Crippen LogP contribution in [0.25, 0.3) is 0 Å². The number of nitrogens with zero attached hydrogens (tertiary/aromatic N) is 2. The number of halogens is 1. The molecule has 13 heavy (non-hydrogen) atoms. The van der Waals surface area contributed by atoms with Crippen molar-refractivity contribution in [2.75, 3.05) is 0 Å². The molecule has 0 fully saturated rings. The Balaban J connectivity index is 2.97. The summed E-state index contributed by atoms with van der Waals surface area (Å²) in [7, 11) is 0. The van der Waals surface area contributed by atoms with Gasteiger partial charge in [-0.1, -0.05) is 13.3 Å². The van der Waals surface area contributed by atoms with Gasteiger partial charge in [-0.15, -0.1) is 0 Å². The zero-order chi connectivity index (χ0) is 9.84. The fourth-order valence-corrected chi connectivity index (χ4v) is 1.23. The lowest BCUT2D eigenvalue weighted by molar-refractivity contribution is 0.451. The molecule has 0 spiro atoms. The average Bonchev–Trinajstić information content (AvgIpc) is 2.13. The van der Waals surface area contributed by atoms with E-state index in [1.165, 1.54) is 10.9 Å². The first-order valence-electron chi connectivity index (χ1n) is 4.11. The molecule has 0 amide bonds. The Kier molecular flexibility index (Phi) is 3.48. The Morgan fingerprint density at radius 1 is 1.69 bits per heavy atom. The fraction of sp³-hybridized carbons (Fsp3) is 0.500. The number of hydrogen-bond donors (Lipinski definition) is 1. The van der Waals surface area contributed by atoms with E-state index in [1.54, 1.807) is 0 Å². The minimum Gasteiger partial charge on any atom is -0.505 e. The summed E-state index contributed by atoms with van der Waals surface area (Å²) in [5.41, 5.74) is -0.284. The highest BCUT2D eigenvalue weighted by atomic mass is 79.9. The highest BCUT2D eigenvalue weighted by Crippen LogP contribution is 2.16. The van der Waals surface area contributed by atoms with Crippen molar-refractivity contribution < 1.29 is 5.11 Å². The molecule has 1 rings (SSSR count). The monoisotopic (exact) mass is 246 g/mol. The molecule has 0 aliphatic heterocycles. The van der Waals surface area contributed by atoms with Crippen LogP contribution >= 0.6 is 15.9 Å². The minimum absolute atomic E-state index is 0.113. The molecule has 0 aliphatic rings. The lowest BCUT2D eigenvalue weighted by Gasteiger charge is -2.03. The summed E-state index contributed by atoms with van der Waals surface area (Å²) < 4.78 is 1.52. The molecule has 0 unspecified atom stereocenters. The van der Waals surface area contributed by atoms with Gasteiger partial charge in [0.1, 0.15) is 4.47 Å². The van der Waals surface area contributed by atoms with Gasteiger partial charge in [0.05, 0.1) is 6.20 Å². The Morgan fingerprint density at radius 3 is 3.00 bits per heavy atom. The first-order valence-corrected chi connectivity index (χ1v) is 4.90. The average molecular weight is 247 g/mol. The van der Waals surface area contributed by atoms with Crippen LogP contribution in [-0.2, 0) is 6.54 Å². The summed E-state index contributed by atoms with van der Waals surface area (Å²) in [5.74, 6) is -0.113. The highest BCUT2D eigenvalue weighted by Gasteiger charge is 2.06. The summed E-state index contributed by atoms with van der Waals surface area (Å²) in [6, 6.07) is 0. The molecule has 0 atom stereocenters. The van der Waals surface area contributed by atoms with E-state index in [1.807, 2.05) is 6.92 Å². The van der Waals surface area contributed by atoms with Gasteiger partial charge in [-0.2, -0.15) is 5.10 Å². The molecule has 0 saturated carbocycles. The van der Waals surface area contributed by atoms with Crippen LogP contribution in [0.1, 0.15) is 19.8 Å². The number of aryl methyl sites for hydroxylation is 1. The molecule has 1 aromatic rings. The number of rotatable bonds is 3. The number of unbranched alkanes of at least 4 members (excludes halogenated alkanes) is 1. The Hall–Kier alpha value is -0.840. The van der Waals surface area contributed by atoms with Crippen LogP contribution in [0, 0.1) is 0 Å². The Morgan fingerprint density at radius 2 is 2.38 bits per heavy atom. The second-order valence-electron chi connectivity index (χ2n) is 2.73. The smallest absolute Gasteiger partial charge is 0.284 e. The van der Waals surface area contributed by atoms with E-state index in [4.69, 9.17) is 5.11 Å². The van der Waals surface area contributed by atoms with Crippen LogP contribution in [0.2, 0.25) is 0 Å². The van der Waals surface area contributed by atoms with Crippen LogP contribution in [0.15, 0.2) is 15.5 Å². The van der Waals surface area contributed by atoms with Crippen LogP contribution in [0.5, 0.6) is 5.75 Å². The quantitative estimate of drug-likeness (QED) is 0.880. The standard InChI is InChI=1S/C8H11BrN2O2/c1-2-3-4-11-8(13)7(9)6(12)5-10-11/h5,12H,2-4H2,1H3. The number of hydrogen-bond acceptors (Lipinski definition) is 3. The van der Waals surface area contributed by atoms with Crippen LogP contribution in [0.3, 0.4) is 0 Å². The summed E-state index contributed by atoms with van der Waals surface area (Å²) in [6.45, 7) is 2.63. The maximum atomic E-state index is 11.4. The van der Waals surface area contributed by atoms with Gasteiger partial charge in [-0.05, 0) is 22.4 Å². The number of aromatic hydroxyl groups is 1. The predicted molar refractivity (Wildman–Crippen MR) is 52.8 cm³/mol. The second kappa shape index (κ2) is 4.41. The SMILES string of the molecule is CCCCn1ncc(O)c(Br)c1=O. The van der Waals surface area contributed by atoms with E-state index in [9.17, 15) is 4.79 Å². The van der Waals surface area contributed by atoms with Gasteiger partial charge in [0, 0.05) is 6.54 Å². The molecule has 5 heteroatoms. The maximum Gasteiger partial charge on any atom is 0.284 e. The topological polar surface area (TPSA) is 55.1 Å². The molecule has 0 bridgehead atoms.